The molecule has 0 bridgehead atoms. The van der Waals surface area contributed by atoms with Crippen molar-refractivity contribution >= 4 is 5.91 Å². The van der Waals surface area contributed by atoms with E-state index >= 15 is 0 Å². The van der Waals surface area contributed by atoms with Crippen molar-refractivity contribution in [1.82, 2.24) is 26.6 Å². The summed E-state index contributed by atoms with van der Waals surface area (Å²) in [4.78, 5) is 11.8. The van der Waals surface area contributed by atoms with Crippen LogP contribution >= 0.6 is 0 Å². The maximum Gasteiger partial charge on any atom is 0.255 e. The highest BCUT2D eigenvalue weighted by Crippen LogP contribution is 2.11. The monoisotopic (exact) mass is 249 g/mol. The minimum atomic E-state index is -2.43. The van der Waals surface area contributed by atoms with Crippen LogP contribution in [0.3, 0.4) is 0 Å². The number of nitrogens with zero attached hydrogens (tertiary/aromatic N) is 1. The summed E-state index contributed by atoms with van der Waals surface area (Å²) in [7, 11) is 1.86. The van der Waals surface area contributed by atoms with Crippen LogP contribution in [-0.4, -0.2) is 49.2 Å². The second-order valence-electron chi connectivity index (χ2n) is 4.42. The maximum atomic E-state index is 12.4. The Morgan fingerprint density at radius 1 is 1.47 bits per heavy atom. The fourth-order valence-electron chi connectivity index (χ4n) is 2.02. The van der Waals surface area contributed by atoms with Crippen LogP contribution in [0.25, 0.3) is 0 Å². The highest BCUT2D eigenvalue weighted by Gasteiger charge is 2.33. The molecular formula is C9H17F2N5O. The van der Waals surface area contributed by atoms with Crippen molar-refractivity contribution in [3.8, 4) is 0 Å². The van der Waals surface area contributed by atoms with Gasteiger partial charge in [0.1, 0.15) is 6.04 Å². The summed E-state index contributed by atoms with van der Waals surface area (Å²) in [5.41, 5.74) is 8.10. The third-order valence-electron chi connectivity index (χ3n) is 3.00. The largest absolute Gasteiger partial charge is 0.338 e. The van der Waals surface area contributed by atoms with E-state index in [4.69, 9.17) is 0 Å². The van der Waals surface area contributed by atoms with Crippen molar-refractivity contribution in [3.63, 3.8) is 0 Å². The molecule has 2 rings (SSSR count). The SMILES string of the molecule is CN1CCC(C(=O)NC2CC(C(F)F)NN2)N1. The molecule has 2 heterocycles. The molecule has 3 atom stereocenters. The molecule has 2 aliphatic heterocycles. The third kappa shape index (κ3) is 3.09. The summed E-state index contributed by atoms with van der Waals surface area (Å²) in [5, 5.41) is 4.53. The molecule has 4 N–H and O–H groups in total. The molecule has 2 fully saturated rings. The normalized spacial score (nSPS) is 34.5. The molecule has 0 aromatic carbocycles. The van der Waals surface area contributed by atoms with Crippen LogP contribution < -0.4 is 21.6 Å². The zero-order valence-corrected chi connectivity index (χ0v) is 9.54. The fraction of sp³-hybridized carbons (Fsp3) is 0.889. The first-order valence-corrected chi connectivity index (χ1v) is 5.63. The van der Waals surface area contributed by atoms with Crippen LogP contribution in [0, 0.1) is 0 Å². The van der Waals surface area contributed by atoms with Gasteiger partial charge in [0.05, 0.1) is 12.2 Å². The van der Waals surface area contributed by atoms with Crippen molar-refractivity contribution in [3.05, 3.63) is 0 Å². The molecular weight excluding hydrogens is 232 g/mol. The summed E-state index contributed by atoms with van der Waals surface area (Å²) in [6, 6.07) is -1.17. The summed E-state index contributed by atoms with van der Waals surface area (Å²) < 4.78 is 24.7. The Morgan fingerprint density at radius 2 is 2.24 bits per heavy atom. The van der Waals surface area contributed by atoms with E-state index in [9.17, 15) is 13.6 Å². The van der Waals surface area contributed by atoms with E-state index in [1.165, 1.54) is 0 Å². The van der Waals surface area contributed by atoms with Gasteiger partial charge < -0.3 is 5.32 Å². The van der Waals surface area contributed by atoms with E-state index in [0.29, 0.717) is 0 Å². The fourth-order valence-corrected chi connectivity index (χ4v) is 2.02. The van der Waals surface area contributed by atoms with Crippen LogP contribution in [-0.2, 0) is 4.79 Å². The zero-order valence-electron chi connectivity index (χ0n) is 9.54. The van der Waals surface area contributed by atoms with Gasteiger partial charge in [0.2, 0.25) is 5.91 Å². The standard InChI is InChI=1S/C9H17F2N5O/c1-16-3-2-5(15-16)9(17)12-7-4-6(8(10)11)13-14-7/h5-8,13-15H,2-4H2,1H3,(H,12,17). The molecule has 6 nitrogen and oxygen atoms in total. The van der Waals surface area contributed by atoms with Gasteiger partial charge in [0.15, 0.2) is 0 Å². The van der Waals surface area contributed by atoms with Crippen LogP contribution in [0.1, 0.15) is 12.8 Å². The zero-order chi connectivity index (χ0) is 12.4. The van der Waals surface area contributed by atoms with E-state index in [2.05, 4.69) is 21.6 Å². The lowest BCUT2D eigenvalue weighted by molar-refractivity contribution is -0.124. The third-order valence-corrected chi connectivity index (χ3v) is 3.00. The van der Waals surface area contributed by atoms with Gasteiger partial charge in [-0.1, -0.05) is 0 Å². The van der Waals surface area contributed by atoms with Gasteiger partial charge in [-0.3, -0.25) is 4.79 Å². The molecule has 0 saturated carbocycles. The molecule has 2 aliphatic rings. The van der Waals surface area contributed by atoms with Crippen LogP contribution in [0.2, 0.25) is 0 Å². The average Bonchev–Trinajstić information content (AvgIpc) is 2.86. The Kier molecular flexibility index (Phi) is 3.87. The smallest absolute Gasteiger partial charge is 0.255 e. The highest BCUT2D eigenvalue weighted by molar-refractivity contribution is 5.82. The average molecular weight is 249 g/mol. The van der Waals surface area contributed by atoms with Gasteiger partial charge in [-0.25, -0.2) is 30.1 Å². The van der Waals surface area contributed by atoms with Gasteiger partial charge in [0.25, 0.3) is 6.43 Å². The van der Waals surface area contributed by atoms with Crippen molar-refractivity contribution in [1.29, 1.82) is 0 Å². The van der Waals surface area contributed by atoms with Crippen LogP contribution in [0.15, 0.2) is 0 Å². The van der Waals surface area contributed by atoms with E-state index in [0.717, 1.165) is 13.0 Å². The molecule has 0 aliphatic carbocycles. The second-order valence-corrected chi connectivity index (χ2v) is 4.42. The van der Waals surface area contributed by atoms with Crippen molar-refractivity contribution in [2.24, 2.45) is 0 Å². The Hall–Kier alpha value is -0.830. The molecule has 8 heteroatoms. The lowest BCUT2D eigenvalue weighted by Crippen LogP contribution is -2.51. The molecule has 1 amide bonds. The van der Waals surface area contributed by atoms with Crippen molar-refractivity contribution < 1.29 is 13.6 Å². The predicted octanol–water partition coefficient (Wildman–Crippen LogP) is -1.23. The Balaban J connectivity index is 1.76. The number of alkyl halides is 2. The van der Waals surface area contributed by atoms with Gasteiger partial charge >= 0.3 is 0 Å². The van der Waals surface area contributed by atoms with E-state index in [-0.39, 0.29) is 18.4 Å². The van der Waals surface area contributed by atoms with Crippen molar-refractivity contribution in [2.75, 3.05) is 13.6 Å². The first-order valence-electron chi connectivity index (χ1n) is 5.63. The van der Waals surface area contributed by atoms with Gasteiger partial charge in [-0.2, -0.15) is 0 Å². The number of carbonyl (C=O) groups is 1. The number of hydrazine groups is 2. The van der Waals surface area contributed by atoms with Gasteiger partial charge in [0, 0.05) is 20.0 Å². The topological polar surface area (TPSA) is 68.4 Å². The Morgan fingerprint density at radius 3 is 2.76 bits per heavy atom. The number of amides is 1. The van der Waals surface area contributed by atoms with Crippen molar-refractivity contribution in [2.45, 2.75) is 37.5 Å². The summed E-state index contributed by atoms with van der Waals surface area (Å²) in [5.74, 6) is -0.163. The Labute approximate surface area is 98.0 Å². The molecule has 98 valence electrons. The molecule has 0 aromatic heterocycles. The number of rotatable bonds is 3. The molecule has 0 spiro atoms. The molecule has 0 radical (unpaired) electrons. The highest BCUT2D eigenvalue weighted by atomic mass is 19.3. The minimum absolute atomic E-state index is 0.163. The van der Waals surface area contributed by atoms with Gasteiger partial charge in [-0.15, -0.1) is 0 Å². The second kappa shape index (κ2) is 5.21. The number of hydrogen-bond donors (Lipinski definition) is 4. The summed E-state index contributed by atoms with van der Waals surface area (Å²) >= 11 is 0. The molecule has 17 heavy (non-hydrogen) atoms. The first kappa shape index (κ1) is 12.6. The number of carbonyl (C=O) groups excluding carboxylic acids is 1. The molecule has 0 aromatic rings. The predicted molar refractivity (Wildman–Crippen MR) is 56.8 cm³/mol. The number of nitrogens with one attached hydrogen (secondary N) is 4. The van der Waals surface area contributed by atoms with Gasteiger partial charge in [-0.05, 0) is 6.42 Å². The quantitative estimate of drug-likeness (QED) is 0.504. The number of halogens is 2. The lowest BCUT2D eigenvalue weighted by Gasteiger charge is -2.16. The van der Waals surface area contributed by atoms with E-state index < -0.39 is 18.6 Å². The minimum Gasteiger partial charge on any atom is -0.338 e. The summed E-state index contributed by atoms with van der Waals surface area (Å²) in [6.07, 6.45) is -1.96. The lowest BCUT2D eigenvalue weighted by atomic mass is 10.2. The Bertz CT molecular complexity index is 291. The first-order chi connectivity index (χ1) is 8.06. The van der Waals surface area contributed by atoms with Crippen LogP contribution in [0.5, 0.6) is 0 Å². The molecule has 3 unspecified atom stereocenters. The van der Waals surface area contributed by atoms with Crippen LogP contribution in [0.4, 0.5) is 8.78 Å². The molecule has 2 saturated heterocycles. The number of hydrogen-bond acceptors (Lipinski definition) is 5. The van der Waals surface area contributed by atoms with E-state index in [1.807, 2.05) is 12.1 Å². The summed E-state index contributed by atoms with van der Waals surface area (Å²) in [6.45, 7) is 0.800. The van der Waals surface area contributed by atoms with E-state index in [1.54, 1.807) is 0 Å². The maximum absolute atomic E-state index is 12.4.